The molecule has 0 fully saturated rings. The minimum Gasteiger partial charge on any atom is -0.495 e. The maximum absolute atomic E-state index is 12.9. The monoisotopic (exact) mass is 416 g/mol. The van der Waals surface area contributed by atoms with Crippen molar-refractivity contribution < 1.29 is 22.7 Å². The van der Waals surface area contributed by atoms with E-state index in [2.05, 4.69) is 10.0 Å². The minimum atomic E-state index is -3.96. The number of ether oxygens (including phenoxy) is 2. The fourth-order valence-electron chi connectivity index (χ4n) is 2.40. The van der Waals surface area contributed by atoms with Crippen molar-refractivity contribution >= 4 is 27.3 Å². The number of hydrogen-bond acceptors (Lipinski definition) is 5. The molecule has 0 atom stereocenters. The fourth-order valence-corrected chi connectivity index (χ4v) is 3.65. The average Bonchev–Trinajstić information content (AvgIpc) is 2.69. The van der Waals surface area contributed by atoms with E-state index in [9.17, 15) is 13.2 Å². The first-order chi connectivity index (χ1) is 13.9. The molecule has 0 saturated carbocycles. The van der Waals surface area contributed by atoms with Gasteiger partial charge in [-0.15, -0.1) is 0 Å². The van der Waals surface area contributed by atoms with Crippen LogP contribution in [0.1, 0.15) is 13.8 Å². The van der Waals surface area contributed by atoms with Crippen LogP contribution in [0.25, 0.3) is 0 Å². The summed E-state index contributed by atoms with van der Waals surface area (Å²) in [4.78, 5) is 11.8. The van der Waals surface area contributed by atoms with Gasteiger partial charge in [0.15, 0.2) is 0 Å². The van der Waals surface area contributed by atoms with Gasteiger partial charge < -0.3 is 14.8 Å². The number of nitrogens with one attached hydrogen (secondary N) is 2. The number of benzene rings is 2. The van der Waals surface area contributed by atoms with Crippen molar-refractivity contribution in [2.24, 2.45) is 0 Å². The van der Waals surface area contributed by atoms with E-state index in [-0.39, 0.29) is 16.6 Å². The van der Waals surface area contributed by atoms with Gasteiger partial charge in [-0.25, -0.2) is 8.42 Å². The maximum Gasteiger partial charge on any atom is 0.265 e. The van der Waals surface area contributed by atoms with Crippen molar-refractivity contribution in [2.75, 3.05) is 23.8 Å². The predicted molar refractivity (Wildman–Crippen MR) is 114 cm³/mol. The average molecular weight is 416 g/mol. The van der Waals surface area contributed by atoms with Crippen LogP contribution < -0.4 is 19.5 Å². The second-order valence-corrected chi connectivity index (χ2v) is 7.45. The minimum absolute atomic E-state index is 0.0934. The van der Waals surface area contributed by atoms with Crippen molar-refractivity contribution in [3.8, 4) is 11.5 Å². The third-order valence-electron chi connectivity index (χ3n) is 3.69. The Morgan fingerprint density at radius 2 is 1.76 bits per heavy atom. The van der Waals surface area contributed by atoms with Gasteiger partial charge in [0.1, 0.15) is 16.4 Å². The highest BCUT2D eigenvalue weighted by Crippen LogP contribution is 2.29. The molecule has 2 aromatic carbocycles. The fraction of sp³-hybridized carbons (Fsp3) is 0.190. The molecule has 2 rings (SSSR count). The quantitative estimate of drug-likeness (QED) is 0.477. The Morgan fingerprint density at radius 3 is 2.38 bits per heavy atom. The van der Waals surface area contributed by atoms with E-state index in [1.54, 1.807) is 48.6 Å². The van der Waals surface area contributed by atoms with Gasteiger partial charge in [-0.05, 0) is 56.3 Å². The van der Waals surface area contributed by atoms with E-state index in [1.165, 1.54) is 25.3 Å². The van der Waals surface area contributed by atoms with E-state index < -0.39 is 10.0 Å². The van der Waals surface area contributed by atoms with Crippen LogP contribution in [-0.2, 0) is 14.8 Å². The van der Waals surface area contributed by atoms with E-state index in [0.29, 0.717) is 23.7 Å². The van der Waals surface area contributed by atoms with Gasteiger partial charge in [0, 0.05) is 17.5 Å². The zero-order valence-electron chi connectivity index (χ0n) is 16.5. The van der Waals surface area contributed by atoms with Crippen molar-refractivity contribution in [1.82, 2.24) is 0 Å². The van der Waals surface area contributed by atoms with Crippen LogP contribution in [-0.4, -0.2) is 28.0 Å². The molecule has 0 radical (unpaired) electrons. The topological polar surface area (TPSA) is 93.7 Å². The number of carbonyl (C=O) groups excluding carboxylic acids is 1. The van der Waals surface area contributed by atoms with Gasteiger partial charge in [0.25, 0.3) is 10.0 Å². The maximum atomic E-state index is 12.9. The molecule has 0 bridgehead atoms. The molecule has 1 amide bonds. The van der Waals surface area contributed by atoms with Gasteiger partial charge in [0.2, 0.25) is 5.91 Å². The lowest BCUT2D eigenvalue weighted by Crippen LogP contribution is -2.15. The molecule has 2 N–H and O–H groups in total. The van der Waals surface area contributed by atoms with Gasteiger partial charge >= 0.3 is 0 Å². The van der Waals surface area contributed by atoms with Gasteiger partial charge in [-0.2, -0.15) is 0 Å². The lowest BCUT2D eigenvalue weighted by atomic mass is 10.3. The summed E-state index contributed by atoms with van der Waals surface area (Å²) in [5.41, 5.74) is 0.701. The van der Waals surface area contributed by atoms with Gasteiger partial charge in [-0.1, -0.05) is 18.2 Å². The number of methoxy groups -OCH3 is 1. The molecule has 0 aromatic heterocycles. The van der Waals surface area contributed by atoms with E-state index in [1.807, 2.05) is 13.8 Å². The van der Waals surface area contributed by atoms with E-state index in [0.717, 1.165) is 0 Å². The number of allylic oxidation sites excluding steroid dienone is 3. The summed E-state index contributed by atoms with van der Waals surface area (Å²) in [6.07, 6.45) is 6.43. The third-order valence-corrected chi connectivity index (χ3v) is 5.09. The SMILES string of the molecule is C/C=C/C=C/C(=O)Nc1ccc(OC)c(S(=O)(=O)Nc2ccc(OCC)cc2)c1. The third kappa shape index (κ3) is 6.39. The second-order valence-electron chi connectivity index (χ2n) is 5.80. The normalized spacial score (nSPS) is 11.6. The van der Waals surface area contributed by atoms with Crippen LogP contribution in [0.5, 0.6) is 11.5 Å². The highest BCUT2D eigenvalue weighted by Gasteiger charge is 2.21. The Labute approximate surface area is 171 Å². The molecule has 2 aromatic rings. The smallest absolute Gasteiger partial charge is 0.265 e. The molecule has 0 aliphatic rings. The lowest BCUT2D eigenvalue weighted by molar-refractivity contribution is -0.111. The molecule has 8 heteroatoms. The Bertz CT molecular complexity index is 996. The predicted octanol–water partition coefficient (Wildman–Crippen LogP) is 3.97. The molecule has 154 valence electrons. The van der Waals surface area contributed by atoms with Crippen molar-refractivity contribution in [3.63, 3.8) is 0 Å². The van der Waals surface area contributed by atoms with Gasteiger partial charge in [-0.3, -0.25) is 9.52 Å². The van der Waals surface area contributed by atoms with Crippen LogP contribution in [0.3, 0.4) is 0 Å². The number of carbonyl (C=O) groups is 1. The first-order valence-corrected chi connectivity index (χ1v) is 10.4. The molecule has 0 heterocycles. The Balaban J connectivity index is 2.26. The van der Waals surface area contributed by atoms with Crippen LogP contribution in [0, 0.1) is 0 Å². The number of rotatable bonds is 9. The number of amides is 1. The lowest BCUT2D eigenvalue weighted by Gasteiger charge is -2.13. The van der Waals surface area contributed by atoms with Gasteiger partial charge in [0.05, 0.1) is 13.7 Å². The Morgan fingerprint density at radius 1 is 1.07 bits per heavy atom. The van der Waals surface area contributed by atoms with Crippen molar-refractivity contribution in [3.05, 3.63) is 66.8 Å². The van der Waals surface area contributed by atoms with Crippen molar-refractivity contribution in [2.45, 2.75) is 18.7 Å². The number of sulfonamides is 1. The van der Waals surface area contributed by atoms with Crippen LogP contribution in [0.4, 0.5) is 11.4 Å². The first-order valence-electron chi connectivity index (χ1n) is 8.93. The number of hydrogen-bond donors (Lipinski definition) is 2. The summed E-state index contributed by atoms with van der Waals surface area (Å²) in [5, 5.41) is 2.63. The Hall–Kier alpha value is -3.26. The van der Waals surface area contributed by atoms with Crippen LogP contribution in [0.2, 0.25) is 0 Å². The van der Waals surface area contributed by atoms with E-state index in [4.69, 9.17) is 9.47 Å². The molecular weight excluding hydrogens is 392 g/mol. The molecule has 0 spiro atoms. The molecular formula is C21H24N2O5S. The summed E-state index contributed by atoms with van der Waals surface area (Å²) < 4.78 is 38.8. The largest absolute Gasteiger partial charge is 0.495 e. The second kappa shape index (κ2) is 10.3. The van der Waals surface area contributed by atoms with Crippen LogP contribution in [0.15, 0.2) is 71.7 Å². The zero-order chi connectivity index (χ0) is 21.3. The van der Waals surface area contributed by atoms with Crippen LogP contribution >= 0.6 is 0 Å². The highest BCUT2D eigenvalue weighted by molar-refractivity contribution is 7.92. The van der Waals surface area contributed by atoms with Crippen molar-refractivity contribution in [1.29, 1.82) is 0 Å². The summed E-state index contributed by atoms with van der Waals surface area (Å²) >= 11 is 0. The summed E-state index contributed by atoms with van der Waals surface area (Å²) in [5.74, 6) is 0.422. The highest BCUT2D eigenvalue weighted by atomic mass is 32.2. The molecule has 0 saturated heterocycles. The molecule has 7 nitrogen and oxygen atoms in total. The summed E-state index contributed by atoms with van der Waals surface area (Å²) in [7, 11) is -2.58. The molecule has 0 aliphatic heterocycles. The standard InChI is InChI=1S/C21H24N2O5S/c1-4-6-7-8-21(24)22-17-11-14-19(27-3)20(15-17)29(25,26)23-16-9-12-18(13-10-16)28-5-2/h4,6-15,23H,5H2,1-3H3,(H,22,24)/b6-4+,8-7+. The summed E-state index contributed by atoms with van der Waals surface area (Å²) in [6.45, 7) is 4.22. The number of anilines is 2. The molecule has 0 aliphatic carbocycles. The first kappa shape index (κ1) is 22.0. The summed E-state index contributed by atoms with van der Waals surface area (Å²) in [6, 6.07) is 10.9. The van der Waals surface area contributed by atoms with E-state index >= 15 is 0 Å². The molecule has 29 heavy (non-hydrogen) atoms. The zero-order valence-corrected chi connectivity index (χ0v) is 17.3. The molecule has 0 unspecified atom stereocenters. The Kier molecular flexibility index (Phi) is 7.85.